The molecule has 0 fully saturated rings. The Hall–Kier alpha value is -2.33. The molecule has 2 aromatic carbocycles. The largest absolute Gasteiger partial charge is 0.504 e. The lowest BCUT2D eigenvalue weighted by atomic mass is 10.0. The molecule has 0 saturated carbocycles. The van der Waals surface area contributed by atoms with Crippen molar-refractivity contribution >= 4 is 5.78 Å². The molecule has 0 saturated heterocycles. The van der Waals surface area contributed by atoms with E-state index >= 15 is 0 Å². The fourth-order valence-corrected chi connectivity index (χ4v) is 2.84. The van der Waals surface area contributed by atoms with Crippen molar-refractivity contribution in [2.24, 2.45) is 0 Å². The summed E-state index contributed by atoms with van der Waals surface area (Å²) in [6.07, 6.45) is 2.93. The van der Waals surface area contributed by atoms with Crippen LogP contribution in [-0.2, 0) is 17.6 Å². The predicted octanol–water partition coefficient (Wildman–Crippen LogP) is 4.07. The third-order valence-corrected chi connectivity index (χ3v) is 4.29. The SMILES string of the molecule is CCC[C@@H](O)CC(=O)CCc1ccc(O)c(OCCc2ccccc2)c1. The van der Waals surface area contributed by atoms with Crippen LogP contribution in [0.3, 0.4) is 0 Å². The number of phenolic OH excluding ortho intramolecular Hbond substituents is 1. The van der Waals surface area contributed by atoms with E-state index in [0.29, 0.717) is 31.6 Å². The molecule has 4 heteroatoms. The minimum atomic E-state index is -0.538. The van der Waals surface area contributed by atoms with E-state index in [4.69, 9.17) is 4.74 Å². The van der Waals surface area contributed by atoms with Crippen molar-refractivity contribution in [1.29, 1.82) is 0 Å². The van der Waals surface area contributed by atoms with Crippen LogP contribution in [0.15, 0.2) is 48.5 Å². The fraction of sp³-hybridized carbons (Fsp3) is 0.409. The van der Waals surface area contributed by atoms with Gasteiger partial charge in [0, 0.05) is 19.3 Å². The first-order chi connectivity index (χ1) is 12.6. The van der Waals surface area contributed by atoms with Gasteiger partial charge in [-0.3, -0.25) is 4.79 Å². The Morgan fingerprint density at radius 1 is 1.08 bits per heavy atom. The summed E-state index contributed by atoms with van der Waals surface area (Å²) in [6.45, 7) is 2.46. The van der Waals surface area contributed by atoms with Crippen LogP contribution in [0.1, 0.15) is 43.7 Å². The molecule has 1 atom stereocenters. The molecule has 0 radical (unpaired) electrons. The number of benzene rings is 2. The molecule has 0 spiro atoms. The van der Waals surface area contributed by atoms with E-state index in [2.05, 4.69) is 0 Å². The van der Waals surface area contributed by atoms with Crippen molar-refractivity contribution in [2.45, 2.75) is 51.6 Å². The van der Waals surface area contributed by atoms with Gasteiger partial charge in [-0.25, -0.2) is 0 Å². The number of rotatable bonds is 11. The molecule has 140 valence electrons. The molecule has 4 nitrogen and oxygen atoms in total. The molecule has 2 aromatic rings. The number of hydrogen-bond acceptors (Lipinski definition) is 4. The van der Waals surface area contributed by atoms with Crippen molar-refractivity contribution in [3.8, 4) is 11.5 Å². The van der Waals surface area contributed by atoms with Gasteiger partial charge in [-0.15, -0.1) is 0 Å². The summed E-state index contributed by atoms with van der Waals surface area (Å²) in [4.78, 5) is 11.9. The summed E-state index contributed by atoms with van der Waals surface area (Å²) in [5.74, 6) is 0.606. The molecule has 0 unspecified atom stereocenters. The van der Waals surface area contributed by atoms with Crippen molar-refractivity contribution in [1.82, 2.24) is 0 Å². The maximum atomic E-state index is 11.9. The molecule has 26 heavy (non-hydrogen) atoms. The van der Waals surface area contributed by atoms with E-state index in [1.54, 1.807) is 18.2 Å². The molecular formula is C22H28O4. The minimum absolute atomic E-state index is 0.0607. The number of aliphatic hydroxyl groups excluding tert-OH is 1. The quantitative estimate of drug-likeness (QED) is 0.637. The van der Waals surface area contributed by atoms with Crippen molar-refractivity contribution < 1.29 is 19.7 Å². The second-order valence-electron chi connectivity index (χ2n) is 6.57. The molecule has 2 rings (SSSR count). The summed E-state index contributed by atoms with van der Waals surface area (Å²) in [5, 5.41) is 19.7. The zero-order valence-electron chi connectivity index (χ0n) is 15.4. The van der Waals surface area contributed by atoms with Gasteiger partial charge in [-0.2, -0.15) is 0 Å². The lowest BCUT2D eigenvalue weighted by Gasteiger charge is -2.11. The van der Waals surface area contributed by atoms with E-state index in [9.17, 15) is 15.0 Å². The van der Waals surface area contributed by atoms with Gasteiger partial charge < -0.3 is 14.9 Å². The number of hydrogen-bond donors (Lipinski definition) is 2. The Balaban J connectivity index is 1.83. The highest BCUT2D eigenvalue weighted by Crippen LogP contribution is 2.27. The molecular weight excluding hydrogens is 328 g/mol. The highest BCUT2D eigenvalue weighted by Gasteiger charge is 2.11. The van der Waals surface area contributed by atoms with Gasteiger partial charge in [0.15, 0.2) is 11.5 Å². The first kappa shape index (κ1) is 20.0. The molecule has 0 aliphatic heterocycles. The smallest absolute Gasteiger partial charge is 0.161 e. The average Bonchev–Trinajstić information content (AvgIpc) is 2.63. The van der Waals surface area contributed by atoms with E-state index in [1.807, 2.05) is 37.3 Å². The standard InChI is InChI=1S/C22H28O4/c1-2-6-19(23)16-20(24)11-9-18-10-12-21(25)22(15-18)26-14-13-17-7-4-3-5-8-17/h3-5,7-8,10,12,15,19,23,25H,2,6,9,11,13-14,16H2,1H3/t19-/m1/s1. The van der Waals surface area contributed by atoms with Gasteiger partial charge in [0.05, 0.1) is 12.7 Å². The van der Waals surface area contributed by atoms with Crippen LogP contribution in [-0.4, -0.2) is 28.7 Å². The summed E-state index contributed by atoms with van der Waals surface area (Å²) in [6, 6.07) is 15.2. The molecule has 0 aromatic heterocycles. The second-order valence-corrected chi connectivity index (χ2v) is 6.57. The van der Waals surface area contributed by atoms with Gasteiger partial charge in [0.2, 0.25) is 0 Å². The van der Waals surface area contributed by atoms with E-state index in [1.165, 1.54) is 5.56 Å². The fourth-order valence-electron chi connectivity index (χ4n) is 2.84. The number of aryl methyl sites for hydroxylation is 1. The van der Waals surface area contributed by atoms with Crippen molar-refractivity contribution in [3.63, 3.8) is 0 Å². The lowest BCUT2D eigenvalue weighted by Crippen LogP contribution is -2.13. The monoisotopic (exact) mass is 356 g/mol. The van der Waals surface area contributed by atoms with Gasteiger partial charge in [-0.05, 0) is 36.1 Å². The van der Waals surface area contributed by atoms with Crippen LogP contribution < -0.4 is 4.74 Å². The summed E-state index contributed by atoms with van der Waals surface area (Å²) in [7, 11) is 0. The van der Waals surface area contributed by atoms with E-state index in [0.717, 1.165) is 18.4 Å². The number of Topliss-reactive ketones (excluding diaryl/α,β-unsaturated/α-hetero) is 1. The van der Waals surface area contributed by atoms with Crippen molar-refractivity contribution in [3.05, 3.63) is 59.7 Å². The molecule has 0 amide bonds. The van der Waals surface area contributed by atoms with Gasteiger partial charge in [0.25, 0.3) is 0 Å². The molecule has 0 bridgehead atoms. The topological polar surface area (TPSA) is 66.8 Å². The van der Waals surface area contributed by atoms with Gasteiger partial charge in [-0.1, -0.05) is 49.7 Å². The molecule has 0 heterocycles. The number of carbonyl (C=O) groups is 1. The van der Waals surface area contributed by atoms with E-state index in [-0.39, 0.29) is 18.0 Å². The first-order valence-electron chi connectivity index (χ1n) is 9.27. The van der Waals surface area contributed by atoms with Crippen LogP contribution in [0.5, 0.6) is 11.5 Å². The average molecular weight is 356 g/mol. The third-order valence-electron chi connectivity index (χ3n) is 4.29. The highest BCUT2D eigenvalue weighted by molar-refractivity contribution is 5.79. The Morgan fingerprint density at radius 3 is 2.58 bits per heavy atom. The van der Waals surface area contributed by atoms with Crippen LogP contribution in [0.2, 0.25) is 0 Å². The Labute approximate surface area is 155 Å². The van der Waals surface area contributed by atoms with Crippen molar-refractivity contribution in [2.75, 3.05) is 6.61 Å². The van der Waals surface area contributed by atoms with Gasteiger partial charge in [0.1, 0.15) is 5.78 Å². The minimum Gasteiger partial charge on any atom is -0.504 e. The maximum Gasteiger partial charge on any atom is 0.161 e. The summed E-state index contributed by atoms with van der Waals surface area (Å²) >= 11 is 0. The molecule has 2 N–H and O–H groups in total. The van der Waals surface area contributed by atoms with Crippen LogP contribution in [0.25, 0.3) is 0 Å². The number of phenols is 1. The van der Waals surface area contributed by atoms with Crippen LogP contribution >= 0.6 is 0 Å². The Bertz CT molecular complexity index is 682. The number of ether oxygens (including phenoxy) is 1. The predicted molar refractivity (Wildman–Crippen MR) is 103 cm³/mol. The number of aliphatic hydroxyl groups is 1. The van der Waals surface area contributed by atoms with Crippen LogP contribution in [0.4, 0.5) is 0 Å². The summed E-state index contributed by atoms with van der Waals surface area (Å²) < 4.78 is 5.71. The van der Waals surface area contributed by atoms with Gasteiger partial charge >= 0.3 is 0 Å². The third kappa shape index (κ3) is 6.89. The zero-order chi connectivity index (χ0) is 18.8. The lowest BCUT2D eigenvalue weighted by molar-refractivity contribution is -0.121. The number of ketones is 1. The molecule has 0 aliphatic carbocycles. The highest BCUT2D eigenvalue weighted by atomic mass is 16.5. The zero-order valence-corrected chi connectivity index (χ0v) is 15.4. The number of aromatic hydroxyl groups is 1. The number of carbonyl (C=O) groups excluding carboxylic acids is 1. The normalized spacial score (nSPS) is 11.9. The first-order valence-corrected chi connectivity index (χ1v) is 9.27. The Morgan fingerprint density at radius 2 is 1.85 bits per heavy atom. The maximum absolute atomic E-state index is 11.9. The Kier molecular flexibility index (Phi) is 8.16. The summed E-state index contributed by atoms with van der Waals surface area (Å²) in [5.41, 5.74) is 2.12. The molecule has 0 aliphatic rings. The second kappa shape index (κ2) is 10.6. The van der Waals surface area contributed by atoms with Crippen LogP contribution in [0, 0.1) is 0 Å². The van der Waals surface area contributed by atoms with E-state index < -0.39 is 6.10 Å².